The average molecular weight is 306 g/mol. The van der Waals surface area contributed by atoms with Gasteiger partial charge in [-0.05, 0) is 25.0 Å². The Kier molecular flexibility index (Phi) is 5.37. The van der Waals surface area contributed by atoms with Crippen LogP contribution in [0, 0.1) is 11.8 Å². The molecule has 1 heterocycles. The van der Waals surface area contributed by atoms with Crippen molar-refractivity contribution in [1.82, 2.24) is 10.2 Å². The predicted molar refractivity (Wildman–Crippen MR) is 81.0 cm³/mol. The van der Waals surface area contributed by atoms with Crippen LogP contribution in [0.5, 0.6) is 0 Å². The molecule has 0 atom stereocenters. The van der Waals surface area contributed by atoms with E-state index in [2.05, 4.69) is 17.2 Å². The van der Waals surface area contributed by atoms with Crippen molar-refractivity contribution in [3.05, 3.63) is 21.9 Å². The van der Waals surface area contributed by atoms with Gasteiger partial charge in [0.2, 0.25) is 5.91 Å². The number of carbonyl (C=O) groups excluding carboxylic acids is 2. The fourth-order valence-electron chi connectivity index (χ4n) is 1.70. The molecule has 0 aromatic carbocycles. The van der Waals surface area contributed by atoms with E-state index < -0.39 is 0 Å². The SMILES string of the molecule is CN(CC(=O)NC1CC1)C(=O)c1ccc(C#CCCO)s1. The standard InChI is InChI=1S/C15H18N2O3S/c1-17(10-14(19)16-11-5-6-11)15(20)13-8-7-12(21-13)4-2-3-9-18/h7-8,11,18H,3,5-6,9-10H2,1H3,(H,16,19). The summed E-state index contributed by atoms with van der Waals surface area (Å²) in [5, 5.41) is 11.5. The van der Waals surface area contributed by atoms with Crippen LogP contribution in [0.3, 0.4) is 0 Å². The van der Waals surface area contributed by atoms with E-state index in [1.54, 1.807) is 19.2 Å². The quantitative estimate of drug-likeness (QED) is 0.792. The van der Waals surface area contributed by atoms with Crippen molar-refractivity contribution in [1.29, 1.82) is 0 Å². The number of hydrogen-bond donors (Lipinski definition) is 2. The van der Waals surface area contributed by atoms with Gasteiger partial charge in [0.25, 0.3) is 5.91 Å². The van der Waals surface area contributed by atoms with Crippen molar-refractivity contribution in [2.75, 3.05) is 20.2 Å². The zero-order valence-electron chi connectivity index (χ0n) is 11.9. The van der Waals surface area contributed by atoms with Gasteiger partial charge in [0.1, 0.15) is 0 Å². The number of likely N-dealkylation sites (N-methyl/N-ethyl adjacent to an activating group) is 1. The van der Waals surface area contributed by atoms with Gasteiger partial charge in [-0.15, -0.1) is 11.3 Å². The highest BCUT2D eigenvalue weighted by Crippen LogP contribution is 2.19. The Bertz CT molecular complexity index is 581. The van der Waals surface area contributed by atoms with Crippen molar-refractivity contribution in [2.45, 2.75) is 25.3 Å². The van der Waals surface area contributed by atoms with Crippen LogP contribution in [0.4, 0.5) is 0 Å². The number of amides is 2. The maximum absolute atomic E-state index is 12.2. The predicted octanol–water partition coefficient (Wildman–Crippen LogP) is 0.833. The fourth-order valence-corrected chi connectivity index (χ4v) is 2.58. The van der Waals surface area contributed by atoms with Gasteiger partial charge in [-0.1, -0.05) is 11.8 Å². The van der Waals surface area contributed by atoms with Crippen LogP contribution < -0.4 is 5.32 Å². The number of thiophene rings is 1. The molecule has 6 heteroatoms. The maximum atomic E-state index is 12.2. The van der Waals surface area contributed by atoms with E-state index in [1.165, 1.54) is 16.2 Å². The minimum absolute atomic E-state index is 0.0308. The Morgan fingerprint density at radius 1 is 1.48 bits per heavy atom. The van der Waals surface area contributed by atoms with Gasteiger partial charge >= 0.3 is 0 Å². The van der Waals surface area contributed by atoms with Gasteiger partial charge in [0.15, 0.2) is 0 Å². The van der Waals surface area contributed by atoms with E-state index in [1.807, 2.05) is 0 Å². The molecule has 2 rings (SSSR count). The number of nitrogens with zero attached hydrogens (tertiary/aromatic N) is 1. The summed E-state index contributed by atoms with van der Waals surface area (Å²) in [5.41, 5.74) is 0. The van der Waals surface area contributed by atoms with Gasteiger partial charge in [0.05, 0.1) is 22.9 Å². The highest BCUT2D eigenvalue weighted by atomic mass is 32.1. The second kappa shape index (κ2) is 7.25. The molecule has 0 bridgehead atoms. The lowest BCUT2D eigenvalue weighted by molar-refractivity contribution is -0.121. The highest BCUT2D eigenvalue weighted by Gasteiger charge is 2.24. The lowest BCUT2D eigenvalue weighted by Gasteiger charge is -2.15. The van der Waals surface area contributed by atoms with Crippen molar-refractivity contribution in [2.24, 2.45) is 0 Å². The monoisotopic (exact) mass is 306 g/mol. The summed E-state index contributed by atoms with van der Waals surface area (Å²) in [5.74, 6) is 5.41. The molecular formula is C15H18N2O3S. The van der Waals surface area contributed by atoms with E-state index in [9.17, 15) is 9.59 Å². The number of hydrogen-bond acceptors (Lipinski definition) is 4. The van der Waals surface area contributed by atoms with Gasteiger partial charge in [-0.2, -0.15) is 0 Å². The molecule has 0 unspecified atom stereocenters. The molecule has 1 aliphatic carbocycles. The van der Waals surface area contributed by atoms with Gasteiger partial charge in [0, 0.05) is 19.5 Å². The van der Waals surface area contributed by atoms with Gasteiger partial charge in [-0.3, -0.25) is 9.59 Å². The minimum atomic E-state index is -0.179. The molecule has 0 spiro atoms. The summed E-state index contributed by atoms with van der Waals surface area (Å²) < 4.78 is 0. The lowest BCUT2D eigenvalue weighted by atomic mass is 10.3. The van der Waals surface area contributed by atoms with Crippen LogP contribution in [0.1, 0.15) is 33.8 Å². The molecule has 21 heavy (non-hydrogen) atoms. The first-order valence-electron chi connectivity index (χ1n) is 6.84. The van der Waals surface area contributed by atoms with Crippen LogP contribution in [-0.4, -0.2) is 48.1 Å². The topological polar surface area (TPSA) is 69.6 Å². The first kappa shape index (κ1) is 15.5. The fraction of sp³-hybridized carbons (Fsp3) is 0.467. The molecule has 2 amide bonds. The van der Waals surface area contributed by atoms with Crippen molar-refractivity contribution in [3.63, 3.8) is 0 Å². The van der Waals surface area contributed by atoms with Crippen LogP contribution >= 0.6 is 11.3 Å². The van der Waals surface area contributed by atoms with Gasteiger partial charge in [-0.25, -0.2) is 0 Å². The summed E-state index contributed by atoms with van der Waals surface area (Å²) >= 11 is 1.29. The molecule has 1 saturated carbocycles. The van der Waals surface area contributed by atoms with E-state index in [4.69, 9.17) is 5.11 Å². The smallest absolute Gasteiger partial charge is 0.264 e. The van der Waals surface area contributed by atoms with Crippen LogP contribution in [-0.2, 0) is 4.79 Å². The number of aliphatic hydroxyl groups excluding tert-OH is 1. The molecule has 0 radical (unpaired) electrons. The Morgan fingerprint density at radius 2 is 2.24 bits per heavy atom. The third-order valence-corrected chi connectivity index (χ3v) is 3.92. The van der Waals surface area contributed by atoms with Crippen LogP contribution in [0.2, 0.25) is 0 Å². The summed E-state index contributed by atoms with van der Waals surface area (Å²) in [6, 6.07) is 3.79. The Labute approximate surface area is 128 Å². The van der Waals surface area contributed by atoms with Gasteiger partial charge < -0.3 is 15.3 Å². The van der Waals surface area contributed by atoms with Crippen LogP contribution in [0.15, 0.2) is 12.1 Å². The van der Waals surface area contributed by atoms with Crippen molar-refractivity contribution >= 4 is 23.2 Å². The number of aliphatic hydroxyl groups is 1. The van der Waals surface area contributed by atoms with Crippen molar-refractivity contribution < 1.29 is 14.7 Å². The Hall–Kier alpha value is -1.84. The summed E-state index contributed by atoms with van der Waals surface area (Å²) in [4.78, 5) is 26.6. The van der Waals surface area contributed by atoms with E-state index in [0.717, 1.165) is 17.7 Å². The average Bonchev–Trinajstić information content (AvgIpc) is 3.13. The number of nitrogens with one attached hydrogen (secondary N) is 1. The van der Waals surface area contributed by atoms with E-state index in [-0.39, 0.29) is 25.0 Å². The molecule has 2 N–H and O–H groups in total. The van der Waals surface area contributed by atoms with E-state index in [0.29, 0.717) is 17.3 Å². The molecule has 112 valence electrons. The zero-order chi connectivity index (χ0) is 15.2. The first-order chi connectivity index (χ1) is 10.1. The van der Waals surface area contributed by atoms with Crippen molar-refractivity contribution in [3.8, 4) is 11.8 Å². The summed E-state index contributed by atoms with van der Waals surface area (Å²) in [6.45, 7) is 0.0990. The molecule has 1 fully saturated rings. The first-order valence-corrected chi connectivity index (χ1v) is 7.66. The number of carbonyl (C=O) groups is 2. The molecule has 5 nitrogen and oxygen atoms in total. The maximum Gasteiger partial charge on any atom is 0.264 e. The highest BCUT2D eigenvalue weighted by molar-refractivity contribution is 7.14. The molecule has 1 aliphatic rings. The largest absolute Gasteiger partial charge is 0.395 e. The molecule has 0 aliphatic heterocycles. The van der Waals surface area contributed by atoms with Crippen LogP contribution in [0.25, 0.3) is 0 Å². The van der Waals surface area contributed by atoms with E-state index >= 15 is 0 Å². The Morgan fingerprint density at radius 3 is 2.90 bits per heavy atom. The lowest BCUT2D eigenvalue weighted by Crippen LogP contribution is -2.38. The molecule has 1 aromatic heterocycles. The summed E-state index contributed by atoms with van der Waals surface area (Å²) in [6.07, 6.45) is 2.48. The number of rotatable bonds is 5. The third kappa shape index (κ3) is 4.88. The zero-order valence-corrected chi connectivity index (χ0v) is 12.7. The second-order valence-electron chi connectivity index (χ2n) is 4.94. The summed E-state index contributed by atoms with van der Waals surface area (Å²) in [7, 11) is 1.62. The molecular weight excluding hydrogens is 288 g/mol. The second-order valence-corrected chi connectivity index (χ2v) is 6.03. The normalized spacial score (nSPS) is 13.2. The molecule has 0 saturated heterocycles. The molecule has 1 aromatic rings. The third-order valence-electron chi connectivity index (χ3n) is 2.94. The minimum Gasteiger partial charge on any atom is -0.395 e. The Balaban J connectivity index is 1.89.